The highest BCUT2D eigenvalue weighted by Gasteiger charge is 2.18. The summed E-state index contributed by atoms with van der Waals surface area (Å²) in [5.41, 5.74) is 9.76. The van der Waals surface area contributed by atoms with Crippen molar-refractivity contribution < 1.29 is 0 Å². The molecule has 0 aliphatic heterocycles. The SMILES string of the molecule is Cc1nc2cc(-c3sccc3-n3c(C)ccc3C)nn2c(C)c1Cc1ccc(Cl)nc1. The molecule has 5 aromatic rings. The minimum atomic E-state index is 0.502. The molecule has 0 fully saturated rings. The fraction of sp³-hybridized carbons (Fsp3) is 0.208. The van der Waals surface area contributed by atoms with E-state index in [2.05, 4.69) is 66.9 Å². The molecule has 0 saturated carbocycles. The Morgan fingerprint density at radius 2 is 1.77 bits per heavy atom. The van der Waals surface area contributed by atoms with E-state index in [0.717, 1.165) is 50.8 Å². The molecule has 5 aromatic heterocycles. The van der Waals surface area contributed by atoms with E-state index in [0.29, 0.717) is 5.15 Å². The number of aryl methyl sites for hydroxylation is 4. The summed E-state index contributed by atoms with van der Waals surface area (Å²) in [7, 11) is 0. The minimum Gasteiger partial charge on any atom is -0.317 e. The van der Waals surface area contributed by atoms with Gasteiger partial charge in [0, 0.05) is 41.5 Å². The first-order valence-corrected chi connectivity index (χ1v) is 11.4. The van der Waals surface area contributed by atoms with Crippen LogP contribution in [0.5, 0.6) is 0 Å². The summed E-state index contributed by atoms with van der Waals surface area (Å²) >= 11 is 7.64. The maximum atomic E-state index is 5.94. The first kappa shape index (κ1) is 20.0. The zero-order valence-corrected chi connectivity index (χ0v) is 19.4. The van der Waals surface area contributed by atoms with Crippen LogP contribution in [0.1, 0.15) is 33.9 Å². The minimum absolute atomic E-state index is 0.502. The number of hydrogen-bond acceptors (Lipinski definition) is 4. The van der Waals surface area contributed by atoms with Crippen molar-refractivity contribution in [1.82, 2.24) is 24.1 Å². The molecule has 0 N–H and O–H groups in total. The Morgan fingerprint density at radius 1 is 1.00 bits per heavy atom. The molecule has 0 aliphatic rings. The van der Waals surface area contributed by atoms with Gasteiger partial charge in [-0.25, -0.2) is 14.5 Å². The van der Waals surface area contributed by atoms with Gasteiger partial charge in [-0.15, -0.1) is 11.3 Å². The molecule has 156 valence electrons. The van der Waals surface area contributed by atoms with Crippen LogP contribution in [0.3, 0.4) is 0 Å². The van der Waals surface area contributed by atoms with Gasteiger partial charge in [-0.3, -0.25) is 0 Å². The zero-order valence-electron chi connectivity index (χ0n) is 17.8. The van der Waals surface area contributed by atoms with Gasteiger partial charge in [0.15, 0.2) is 5.65 Å². The van der Waals surface area contributed by atoms with Crippen molar-refractivity contribution in [3.05, 3.63) is 87.0 Å². The molecule has 0 bridgehead atoms. The van der Waals surface area contributed by atoms with E-state index in [4.69, 9.17) is 21.7 Å². The summed E-state index contributed by atoms with van der Waals surface area (Å²) in [6, 6.07) is 12.4. The van der Waals surface area contributed by atoms with Crippen molar-refractivity contribution in [3.63, 3.8) is 0 Å². The third-order valence-corrected chi connectivity index (χ3v) is 6.87. The Morgan fingerprint density at radius 3 is 2.48 bits per heavy atom. The van der Waals surface area contributed by atoms with Gasteiger partial charge in [-0.05, 0) is 68.5 Å². The van der Waals surface area contributed by atoms with Gasteiger partial charge >= 0.3 is 0 Å². The first-order chi connectivity index (χ1) is 14.9. The quantitative estimate of drug-likeness (QED) is 0.312. The zero-order chi connectivity index (χ0) is 21.7. The average Bonchev–Trinajstić information content (AvgIpc) is 3.45. The number of halogens is 1. The van der Waals surface area contributed by atoms with Gasteiger partial charge in [0.25, 0.3) is 0 Å². The highest BCUT2D eigenvalue weighted by atomic mass is 35.5. The van der Waals surface area contributed by atoms with Crippen molar-refractivity contribution in [3.8, 4) is 16.3 Å². The van der Waals surface area contributed by atoms with Gasteiger partial charge in [-0.2, -0.15) is 5.10 Å². The molecule has 0 aromatic carbocycles. The van der Waals surface area contributed by atoms with E-state index in [1.54, 1.807) is 11.3 Å². The van der Waals surface area contributed by atoms with Gasteiger partial charge < -0.3 is 4.57 Å². The highest BCUT2D eigenvalue weighted by Crippen LogP contribution is 2.34. The number of hydrogen-bond donors (Lipinski definition) is 0. The van der Waals surface area contributed by atoms with Gasteiger partial charge in [0.1, 0.15) is 10.8 Å². The maximum absolute atomic E-state index is 5.94. The van der Waals surface area contributed by atoms with Crippen molar-refractivity contribution in [2.24, 2.45) is 0 Å². The summed E-state index contributed by atoms with van der Waals surface area (Å²) in [5.74, 6) is 0. The Kier molecular flexibility index (Phi) is 4.91. The van der Waals surface area contributed by atoms with Crippen LogP contribution in [0.25, 0.3) is 21.9 Å². The fourth-order valence-corrected chi connectivity index (χ4v) is 5.07. The lowest BCUT2D eigenvalue weighted by Gasteiger charge is -2.11. The second kappa shape index (κ2) is 7.62. The van der Waals surface area contributed by atoms with E-state index in [1.165, 1.54) is 11.4 Å². The van der Waals surface area contributed by atoms with Crippen LogP contribution < -0.4 is 0 Å². The normalized spacial score (nSPS) is 11.5. The third-order valence-electron chi connectivity index (χ3n) is 5.72. The van der Waals surface area contributed by atoms with Crippen LogP contribution in [0.4, 0.5) is 0 Å². The van der Waals surface area contributed by atoms with E-state index < -0.39 is 0 Å². The molecule has 0 spiro atoms. The number of aromatic nitrogens is 5. The van der Waals surface area contributed by atoms with Crippen molar-refractivity contribution in [1.29, 1.82) is 0 Å². The van der Waals surface area contributed by atoms with E-state index >= 15 is 0 Å². The fourth-order valence-electron chi connectivity index (χ4n) is 4.13. The van der Waals surface area contributed by atoms with E-state index in [9.17, 15) is 0 Å². The van der Waals surface area contributed by atoms with Crippen molar-refractivity contribution >= 4 is 28.6 Å². The average molecular weight is 448 g/mol. The highest BCUT2D eigenvalue weighted by molar-refractivity contribution is 7.14. The van der Waals surface area contributed by atoms with Crippen molar-refractivity contribution in [2.45, 2.75) is 34.1 Å². The molecule has 5 nitrogen and oxygen atoms in total. The van der Waals surface area contributed by atoms with Crippen LogP contribution in [0, 0.1) is 27.7 Å². The van der Waals surface area contributed by atoms with Crippen LogP contribution in [-0.2, 0) is 6.42 Å². The predicted molar refractivity (Wildman–Crippen MR) is 127 cm³/mol. The van der Waals surface area contributed by atoms with E-state index in [1.807, 2.05) is 22.8 Å². The lowest BCUT2D eigenvalue weighted by atomic mass is 10.0. The molecule has 31 heavy (non-hydrogen) atoms. The van der Waals surface area contributed by atoms with Gasteiger partial charge in [-0.1, -0.05) is 17.7 Å². The monoisotopic (exact) mass is 447 g/mol. The van der Waals surface area contributed by atoms with Crippen LogP contribution >= 0.6 is 22.9 Å². The summed E-state index contributed by atoms with van der Waals surface area (Å²) in [5, 5.41) is 7.58. The predicted octanol–water partition coefficient (Wildman–Crippen LogP) is 6.12. The Bertz CT molecular complexity index is 1390. The number of nitrogens with zero attached hydrogens (tertiary/aromatic N) is 5. The molecule has 5 rings (SSSR count). The Labute approximate surface area is 190 Å². The molecular formula is C24H22ClN5S. The third kappa shape index (κ3) is 3.46. The lowest BCUT2D eigenvalue weighted by Crippen LogP contribution is -2.06. The smallest absolute Gasteiger partial charge is 0.156 e. The maximum Gasteiger partial charge on any atom is 0.156 e. The van der Waals surface area contributed by atoms with Gasteiger partial charge in [0.2, 0.25) is 0 Å². The van der Waals surface area contributed by atoms with Crippen LogP contribution in [-0.4, -0.2) is 24.1 Å². The van der Waals surface area contributed by atoms with Crippen molar-refractivity contribution in [2.75, 3.05) is 0 Å². The largest absolute Gasteiger partial charge is 0.317 e. The molecule has 7 heteroatoms. The summed E-state index contributed by atoms with van der Waals surface area (Å²) in [6.07, 6.45) is 2.56. The molecule has 0 radical (unpaired) electrons. The Balaban J connectivity index is 1.60. The van der Waals surface area contributed by atoms with E-state index in [-0.39, 0.29) is 0 Å². The topological polar surface area (TPSA) is 48.0 Å². The molecule has 0 aliphatic carbocycles. The van der Waals surface area contributed by atoms with Crippen LogP contribution in [0.2, 0.25) is 5.15 Å². The van der Waals surface area contributed by atoms with Crippen LogP contribution in [0.15, 0.2) is 48.0 Å². The number of thiophene rings is 1. The second-order valence-corrected chi connectivity index (χ2v) is 9.12. The standard InChI is InChI=1S/C24H22ClN5S/c1-14-5-6-15(2)29(14)21-9-10-31-24(21)20-12-23-27-16(3)19(17(4)30(23)28-20)11-18-7-8-22(25)26-13-18/h5-10,12-13H,11H2,1-4H3. The molecule has 0 amide bonds. The lowest BCUT2D eigenvalue weighted by molar-refractivity contribution is 0.858. The summed E-state index contributed by atoms with van der Waals surface area (Å²) < 4.78 is 4.24. The Hall–Kier alpha value is -2.96. The number of fused-ring (bicyclic) bond motifs is 1. The summed E-state index contributed by atoms with van der Waals surface area (Å²) in [6.45, 7) is 8.42. The molecule has 0 saturated heterocycles. The molecule has 0 unspecified atom stereocenters. The first-order valence-electron chi connectivity index (χ1n) is 10.1. The number of pyridine rings is 1. The molecular weight excluding hydrogens is 426 g/mol. The molecule has 0 atom stereocenters. The molecule has 5 heterocycles. The summed E-state index contributed by atoms with van der Waals surface area (Å²) in [4.78, 5) is 10.2. The number of rotatable bonds is 4. The second-order valence-electron chi connectivity index (χ2n) is 7.81. The van der Waals surface area contributed by atoms with Gasteiger partial charge in [0.05, 0.1) is 10.6 Å².